The minimum absolute atomic E-state index is 0.0615. The third-order valence-corrected chi connectivity index (χ3v) is 9.35. The molecule has 0 fully saturated rings. The fraction of sp³-hybridized carbons (Fsp3) is 0.107. The van der Waals surface area contributed by atoms with Gasteiger partial charge in [0.05, 0.1) is 28.3 Å². The molecule has 0 bridgehead atoms. The Labute approximate surface area is 242 Å². The zero-order valence-electron chi connectivity index (χ0n) is 21.8. The molecule has 13 heteroatoms. The van der Waals surface area contributed by atoms with Crippen LogP contribution in [0, 0.1) is 12.7 Å². The number of anilines is 3. The largest absolute Gasteiger partial charge is 0.497 e. The summed E-state index contributed by atoms with van der Waals surface area (Å²) in [6.07, 6.45) is 0. The molecule has 214 valence electrons. The van der Waals surface area contributed by atoms with Gasteiger partial charge in [0.15, 0.2) is 0 Å². The maximum atomic E-state index is 13.4. The van der Waals surface area contributed by atoms with E-state index in [1.165, 1.54) is 49.6 Å². The van der Waals surface area contributed by atoms with Crippen LogP contribution in [-0.4, -0.2) is 36.4 Å². The van der Waals surface area contributed by atoms with E-state index in [2.05, 4.69) is 10.0 Å². The van der Waals surface area contributed by atoms with Crippen molar-refractivity contribution in [2.75, 3.05) is 28.0 Å². The van der Waals surface area contributed by atoms with Crippen LogP contribution in [0.5, 0.6) is 5.75 Å². The van der Waals surface area contributed by atoms with Gasteiger partial charge in [0.2, 0.25) is 5.91 Å². The predicted molar refractivity (Wildman–Crippen MR) is 156 cm³/mol. The SMILES string of the molecule is COc1ccc(N(CC(=O)Nc2ccc(S(=O)(=O)Nc3cc(Cl)ccc3C)cc2)S(=O)(=O)c2ccc(F)cc2)cc1. The average Bonchev–Trinajstić information content (AvgIpc) is 2.94. The summed E-state index contributed by atoms with van der Waals surface area (Å²) in [5, 5.41) is 2.95. The summed E-state index contributed by atoms with van der Waals surface area (Å²) in [7, 11) is -6.77. The van der Waals surface area contributed by atoms with E-state index < -0.39 is 38.3 Å². The van der Waals surface area contributed by atoms with E-state index in [-0.39, 0.29) is 21.2 Å². The molecule has 0 atom stereocenters. The molecule has 4 rings (SSSR count). The van der Waals surface area contributed by atoms with Gasteiger partial charge < -0.3 is 10.1 Å². The predicted octanol–water partition coefficient (Wildman–Crippen LogP) is 5.43. The summed E-state index contributed by atoms with van der Waals surface area (Å²) in [5.74, 6) is -0.830. The molecule has 0 aliphatic heterocycles. The highest BCUT2D eigenvalue weighted by Gasteiger charge is 2.27. The fourth-order valence-electron chi connectivity index (χ4n) is 3.75. The van der Waals surface area contributed by atoms with Crippen molar-refractivity contribution in [3.05, 3.63) is 107 Å². The molecule has 0 spiro atoms. The van der Waals surface area contributed by atoms with Crippen LogP contribution < -0.4 is 19.1 Å². The number of benzene rings is 4. The van der Waals surface area contributed by atoms with Crippen LogP contribution in [0.15, 0.2) is 101 Å². The van der Waals surface area contributed by atoms with Crippen LogP contribution in [0.2, 0.25) is 5.02 Å². The van der Waals surface area contributed by atoms with Crippen LogP contribution in [0.3, 0.4) is 0 Å². The zero-order valence-corrected chi connectivity index (χ0v) is 24.2. The number of rotatable bonds is 10. The third-order valence-electron chi connectivity index (χ3n) is 5.94. The Morgan fingerprint density at radius 1 is 0.878 bits per heavy atom. The Bertz CT molecular complexity index is 1770. The number of nitrogens with zero attached hydrogens (tertiary/aromatic N) is 1. The number of methoxy groups -OCH3 is 1. The van der Waals surface area contributed by atoms with Crippen molar-refractivity contribution in [2.24, 2.45) is 0 Å². The van der Waals surface area contributed by atoms with E-state index in [1.807, 2.05) is 0 Å². The number of sulfonamides is 2. The number of carbonyl (C=O) groups is 1. The lowest BCUT2D eigenvalue weighted by Crippen LogP contribution is -2.38. The molecule has 0 aliphatic carbocycles. The highest BCUT2D eigenvalue weighted by atomic mass is 35.5. The number of carbonyl (C=O) groups excluding carboxylic acids is 1. The molecule has 0 saturated carbocycles. The lowest BCUT2D eigenvalue weighted by molar-refractivity contribution is -0.114. The smallest absolute Gasteiger partial charge is 0.264 e. The van der Waals surface area contributed by atoms with Gasteiger partial charge in [-0.05, 0) is 97.4 Å². The Hall–Kier alpha value is -4.13. The van der Waals surface area contributed by atoms with Crippen molar-refractivity contribution in [1.29, 1.82) is 0 Å². The molecule has 4 aromatic rings. The molecular weight excluding hydrogens is 593 g/mol. The van der Waals surface area contributed by atoms with Gasteiger partial charge in [0.25, 0.3) is 20.0 Å². The van der Waals surface area contributed by atoms with Crippen LogP contribution in [0.25, 0.3) is 0 Å². The molecule has 9 nitrogen and oxygen atoms in total. The van der Waals surface area contributed by atoms with Crippen molar-refractivity contribution < 1.29 is 30.8 Å². The number of nitrogens with one attached hydrogen (secondary N) is 2. The summed E-state index contributed by atoms with van der Waals surface area (Å²) in [5.41, 5.74) is 1.42. The Morgan fingerprint density at radius 3 is 2.10 bits per heavy atom. The lowest BCUT2D eigenvalue weighted by atomic mass is 10.2. The van der Waals surface area contributed by atoms with E-state index in [4.69, 9.17) is 16.3 Å². The number of hydrogen-bond acceptors (Lipinski definition) is 6. The highest BCUT2D eigenvalue weighted by Crippen LogP contribution is 2.27. The van der Waals surface area contributed by atoms with Gasteiger partial charge in [-0.25, -0.2) is 21.2 Å². The summed E-state index contributed by atoms with van der Waals surface area (Å²) in [4.78, 5) is 12.7. The van der Waals surface area contributed by atoms with Crippen molar-refractivity contribution >= 4 is 54.6 Å². The van der Waals surface area contributed by atoms with Crippen LogP contribution >= 0.6 is 11.6 Å². The van der Waals surface area contributed by atoms with Crippen molar-refractivity contribution in [1.82, 2.24) is 0 Å². The first-order valence-electron chi connectivity index (χ1n) is 12.0. The summed E-state index contributed by atoms with van der Waals surface area (Å²) in [6, 6.07) is 20.5. The summed E-state index contributed by atoms with van der Waals surface area (Å²) in [6.45, 7) is 1.11. The minimum Gasteiger partial charge on any atom is -0.497 e. The Balaban J connectivity index is 1.54. The van der Waals surface area contributed by atoms with Crippen molar-refractivity contribution in [3.63, 3.8) is 0 Å². The molecule has 0 radical (unpaired) electrons. The molecule has 0 aliphatic rings. The number of aryl methyl sites for hydroxylation is 1. The lowest BCUT2D eigenvalue weighted by Gasteiger charge is -2.24. The molecule has 0 aromatic heterocycles. The van der Waals surface area contributed by atoms with Crippen LogP contribution in [-0.2, 0) is 24.8 Å². The first-order chi connectivity index (χ1) is 19.4. The number of ether oxygens (including phenoxy) is 1. The van der Waals surface area contributed by atoms with E-state index in [0.717, 1.165) is 28.6 Å². The standard InChI is InChI=1S/C28H25ClFN3O6S2/c1-19-3-4-20(29)17-27(19)32-40(35,36)25-15-7-22(8-16-25)31-28(34)18-33(23-9-11-24(39-2)12-10-23)41(37,38)26-13-5-21(30)6-14-26/h3-17,32H,18H2,1-2H3,(H,31,34). The van der Waals surface area contributed by atoms with Gasteiger partial charge in [-0.3, -0.25) is 13.8 Å². The molecule has 4 aromatic carbocycles. The number of hydrogen-bond donors (Lipinski definition) is 2. The van der Waals surface area contributed by atoms with E-state index >= 15 is 0 Å². The van der Waals surface area contributed by atoms with E-state index in [1.54, 1.807) is 31.2 Å². The quantitative estimate of drug-likeness (QED) is 0.245. The normalized spacial score (nSPS) is 11.5. The second kappa shape index (κ2) is 12.2. The molecule has 2 N–H and O–H groups in total. The molecular formula is C28H25ClFN3O6S2. The second-order valence-electron chi connectivity index (χ2n) is 8.80. The van der Waals surface area contributed by atoms with Gasteiger partial charge in [-0.1, -0.05) is 17.7 Å². The molecule has 1 amide bonds. The Morgan fingerprint density at radius 2 is 1.49 bits per heavy atom. The van der Waals surface area contributed by atoms with Gasteiger partial charge in [-0.2, -0.15) is 0 Å². The maximum Gasteiger partial charge on any atom is 0.264 e. The van der Waals surface area contributed by atoms with E-state index in [9.17, 15) is 26.0 Å². The third kappa shape index (κ3) is 7.15. The maximum absolute atomic E-state index is 13.4. The number of amides is 1. The van der Waals surface area contributed by atoms with Gasteiger partial charge in [0, 0.05) is 10.7 Å². The fourth-order valence-corrected chi connectivity index (χ4v) is 6.47. The first kappa shape index (κ1) is 29.8. The monoisotopic (exact) mass is 617 g/mol. The van der Waals surface area contributed by atoms with Gasteiger partial charge in [-0.15, -0.1) is 0 Å². The summed E-state index contributed by atoms with van der Waals surface area (Å²) >= 11 is 5.98. The Kier molecular flexibility index (Phi) is 8.86. The topological polar surface area (TPSA) is 122 Å². The average molecular weight is 618 g/mol. The molecule has 0 unspecified atom stereocenters. The molecule has 0 heterocycles. The second-order valence-corrected chi connectivity index (χ2v) is 12.8. The van der Waals surface area contributed by atoms with Crippen LogP contribution in [0.4, 0.5) is 21.5 Å². The first-order valence-corrected chi connectivity index (χ1v) is 15.3. The minimum atomic E-state index is -4.27. The zero-order chi connectivity index (χ0) is 29.8. The number of halogens is 2. The molecule has 41 heavy (non-hydrogen) atoms. The molecule has 0 saturated heterocycles. The highest BCUT2D eigenvalue weighted by molar-refractivity contribution is 7.93. The van der Waals surface area contributed by atoms with Crippen molar-refractivity contribution in [3.8, 4) is 5.75 Å². The van der Waals surface area contributed by atoms with E-state index in [0.29, 0.717) is 22.0 Å². The van der Waals surface area contributed by atoms with Crippen molar-refractivity contribution in [2.45, 2.75) is 16.7 Å². The van der Waals surface area contributed by atoms with Gasteiger partial charge in [0.1, 0.15) is 18.1 Å². The van der Waals surface area contributed by atoms with Gasteiger partial charge >= 0.3 is 0 Å². The summed E-state index contributed by atoms with van der Waals surface area (Å²) < 4.78 is 74.6. The van der Waals surface area contributed by atoms with Crippen LogP contribution in [0.1, 0.15) is 5.56 Å².